The molecule has 1 heteroatoms. The molecule has 1 aromatic heterocycles. The highest BCUT2D eigenvalue weighted by Gasteiger charge is 2.16. The van der Waals surface area contributed by atoms with Crippen molar-refractivity contribution >= 4 is 21.8 Å². The second-order valence-corrected chi connectivity index (χ2v) is 8.29. The number of para-hydroxylation sites is 3. The fourth-order valence-corrected chi connectivity index (χ4v) is 4.87. The third-order valence-electron chi connectivity index (χ3n) is 6.33. The normalized spacial score (nSPS) is 11.3. The average Bonchev–Trinajstić information content (AvgIpc) is 3.20. The van der Waals surface area contributed by atoms with E-state index in [-0.39, 0.29) is 0 Å². The van der Waals surface area contributed by atoms with Crippen LogP contribution in [0, 0.1) is 6.92 Å². The maximum absolute atomic E-state index is 2.40. The zero-order valence-corrected chi connectivity index (χ0v) is 18.0. The van der Waals surface area contributed by atoms with Gasteiger partial charge in [0.05, 0.1) is 11.0 Å². The van der Waals surface area contributed by atoms with Crippen LogP contribution in [0.3, 0.4) is 0 Å². The minimum absolute atomic E-state index is 1.18. The minimum atomic E-state index is 1.18. The molecule has 1 nitrogen and oxygen atoms in total. The second-order valence-electron chi connectivity index (χ2n) is 8.29. The van der Waals surface area contributed by atoms with Crippen molar-refractivity contribution in [2.24, 2.45) is 0 Å². The third kappa shape index (κ3) is 2.94. The molecule has 0 aliphatic carbocycles. The van der Waals surface area contributed by atoms with Crippen molar-refractivity contribution < 1.29 is 0 Å². The van der Waals surface area contributed by atoms with Crippen LogP contribution in [0.5, 0.6) is 0 Å². The summed E-state index contributed by atoms with van der Waals surface area (Å²) in [4.78, 5) is 0. The van der Waals surface area contributed by atoms with E-state index in [0.717, 1.165) is 0 Å². The monoisotopic (exact) mass is 409 g/mol. The first-order chi connectivity index (χ1) is 15.8. The van der Waals surface area contributed by atoms with Crippen LogP contribution in [-0.2, 0) is 0 Å². The predicted octanol–water partition coefficient (Wildman–Crippen LogP) is 8.43. The van der Waals surface area contributed by atoms with Gasteiger partial charge in [-0.2, -0.15) is 0 Å². The molecule has 0 aliphatic heterocycles. The Bertz CT molecular complexity index is 1560. The lowest BCUT2D eigenvalue weighted by Crippen LogP contribution is -1.95. The van der Waals surface area contributed by atoms with Crippen molar-refractivity contribution in [3.05, 3.63) is 127 Å². The summed E-state index contributed by atoms with van der Waals surface area (Å²) in [5.41, 5.74) is 10.00. The second kappa shape index (κ2) is 7.55. The van der Waals surface area contributed by atoms with Gasteiger partial charge < -0.3 is 4.57 Å². The lowest BCUT2D eigenvalue weighted by molar-refractivity contribution is 1.18. The first-order valence-electron chi connectivity index (χ1n) is 11.1. The number of aromatic nitrogens is 1. The van der Waals surface area contributed by atoms with E-state index in [1.54, 1.807) is 0 Å². The Morgan fingerprint density at radius 1 is 0.500 bits per heavy atom. The van der Waals surface area contributed by atoms with Gasteiger partial charge in [0.15, 0.2) is 0 Å². The number of hydrogen-bond acceptors (Lipinski definition) is 0. The summed E-state index contributed by atoms with van der Waals surface area (Å²) in [6.45, 7) is 2.21. The molecule has 0 atom stereocenters. The molecular weight excluding hydrogens is 386 g/mol. The van der Waals surface area contributed by atoms with E-state index in [0.29, 0.717) is 0 Å². The Balaban J connectivity index is 1.64. The fraction of sp³-hybridized carbons (Fsp3) is 0.0323. The topological polar surface area (TPSA) is 4.93 Å². The molecule has 0 spiro atoms. The highest BCUT2D eigenvalue weighted by atomic mass is 15.0. The Morgan fingerprint density at radius 2 is 1.19 bits per heavy atom. The lowest BCUT2D eigenvalue weighted by atomic mass is 9.95. The summed E-state index contributed by atoms with van der Waals surface area (Å²) >= 11 is 0. The summed E-state index contributed by atoms with van der Waals surface area (Å²) < 4.78 is 2.40. The van der Waals surface area contributed by atoms with Gasteiger partial charge in [-0.1, -0.05) is 103 Å². The third-order valence-corrected chi connectivity index (χ3v) is 6.33. The number of benzene rings is 5. The Hall–Kier alpha value is -4.10. The maximum Gasteiger partial charge on any atom is 0.0619 e. The molecule has 0 amide bonds. The molecule has 6 aromatic rings. The highest BCUT2D eigenvalue weighted by molar-refractivity contribution is 6.13. The van der Waals surface area contributed by atoms with E-state index in [1.165, 1.54) is 55.3 Å². The predicted molar refractivity (Wildman–Crippen MR) is 136 cm³/mol. The van der Waals surface area contributed by atoms with Crippen molar-refractivity contribution in [2.75, 3.05) is 0 Å². The SMILES string of the molecule is Cc1cc(-c2cccc3c4ccccc4n(-c4ccccc4)c23)ccc1-c1ccccc1. The summed E-state index contributed by atoms with van der Waals surface area (Å²) in [5, 5.41) is 2.57. The fourth-order valence-electron chi connectivity index (χ4n) is 4.87. The van der Waals surface area contributed by atoms with Gasteiger partial charge in [0.2, 0.25) is 0 Å². The number of hydrogen-bond donors (Lipinski definition) is 0. The molecule has 5 aromatic carbocycles. The molecule has 0 unspecified atom stereocenters. The molecule has 0 radical (unpaired) electrons. The lowest BCUT2D eigenvalue weighted by Gasteiger charge is -2.13. The van der Waals surface area contributed by atoms with Gasteiger partial charge in [0.1, 0.15) is 0 Å². The van der Waals surface area contributed by atoms with Gasteiger partial charge in [-0.25, -0.2) is 0 Å². The molecule has 0 aliphatic rings. The van der Waals surface area contributed by atoms with Gasteiger partial charge in [-0.3, -0.25) is 0 Å². The van der Waals surface area contributed by atoms with E-state index in [9.17, 15) is 0 Å². The first kappa shape index (κ1) is 18.7. The van der Waals surface area contributed by atoms with Gasteiger partial charge in [-0.15, -0.1) is 0 Å². The van der Waals surface area contributed by atoms with Crippen LogP contribution in [0.2, 0.25) is 0 Å². The van der Waals surface area contributed by atoms with Crippen molar-refractivity contribution in [2.45, 2.75) is 6.92 Å². The smallest absolute Gasteiger partial charge is 0.0619 e. The van der Waals surface area contributed by atoms with Crippen LogP contribution >= 0.6 is 0 Å². The van der Waals surface area contributed by atoms with Crippen LogP contribution < -0.4 is 0 Å². The average molecular weight is 410 g/mol. The number of nitrogens with zero attached hydrogens (tertiary/aromatic N) is 1. The molecule has 0 saturated carbocycles. The van der Waals surface area contributed by atoms with Crippen LogP contribution in [0.25, 0.3) is 49.7 Å². The molecule has 152 valence electrons. The van der Waals surface area contributed by atoms with Crippen molar-refractivity contribution in [3.8, 4) is 27.9 Å². The minimum Gasteiger partial charge on any atom is -0.309 e. The van der Waals surface area contributed by atoms with Crippen LogP contribution in [-0.4, -0.2) is 4.57 Å². The molecular formula is C31H23N. The van der Waals surface area contributed by atoms with Crippen molar-refractivity contribution in [1.29, 1.82) is 0 Å². The van der Waals surface area contributed by atoms with E-state index in [1.807, 2.05) is 0 Å². The largest absolute Gasteiger partial charge is 0.309 e. The van der Waals surface area contributed by atoms with Crippen LogP contribution in [0.1, 0.15) is 5.56 Å². The zero-order chi connectivity index (χ0) is 21.5. The van der Waals surface area contributed by atoms with E-state index >= 15 is 0 Å². The van der Waals surface area contributed by atoms with E-state index < -0.39 is 0 Å². The summed E-state index contributed by atoms with van der Waals surface area (Å²) in [6.07, 6.45) is 0. The maximum atomic E-state index is 2.40. The standard InChI is InChI=1S/C31H23N/c1-22-21-24(19-20-26(22)23-11-4-2-5-12-23)27-16-10-17-29-28-15-8-9-18-30(28)32(31(27)29)25-13-6-3-7-14-25/h2-21H,1H3. The highest BCUT2D eigenvalue weighted by Crippen LogP contribution is 2.39. The molecule has 0 saturated heterocycles. The van der Waals surface area contributed by atoms with Crippen molar-refractivity contribution in [3.63, 3.8) is 0 Å². The Morgan fingerprint density at radius 3 is 1.97 bits per heavy atom. The first-order valence-corrected chi connectivity index (χ1v) is 11.1. The Kier molecular flexibility index (Phi) is 4.40. The van der Waals surface area contributed by atoms with Gasteiger partial charge in [0.25, 0.3) is 0 Å². The van der Waals surface area contributed by atoms with Crippen molar-refractivity contribution in [1.82, 2.24) is 4.57 Å². The quantitative estimate of drug-likeness (QED) is 0.276. The number of aryl methyl sites for hydroxylation is 1. The number of fused-ring (bicyclic) bond motifs is 3. The molecule has 6 rings (SSSR count). The molecule has 0 bridgehead atoms. The van der Waals surface area contributed by atoms with Gasteiger partial charge in [0, 0.05) is 22.0 Å². The van der Waals surface area contributed by atoms with E-state index in [4.69, 9.17) is 0 Å². The van der Waals surface area contributed by atoms with Gasteiger partial charge in [-0.05, 0) is 47.4 Å². The van der Waals surface area contributed by atoms with Gasteiger partial charge >= 0.3 is 0 Å². The van der Waals surface area contributed by atoms with Crippen LogP contribution in [0.15, 0.2) is 121 Å². The summed E-state index contributed by atoms with van der Waals surface area (Å²) in [7, 11) is 0. The summed E-state index contributed by atoms with van der Waals surface area (Å²) in [6, 6.07) is 43.5. The number of rotatable bonds is 3. The Labute approximate surface area is 188 Å². The van der Waals surface area contributed by atoms with Crippen LogP contribution in [0.4, 0.5) is 0 Å². The zero-order valence-electron chi connectivity index (χ0n) is 18.0. The molecule has 0 N–H and O–H groups in total. The molecule has 32 heavy (non-hydrogen) atoms. The van der Waals surface area contributed by atoms with E-state index in [2.05, 4.69) is 133 Å². The summed E-state index contributed by atoms with van der Waals surface area (Å²) in [5.74, 6) is 0. The molecule has 0 fully saturated rings. The molecule has 1 heterocycles.